The Hall–Kier alpha value is -1.09. The number of aliphatic hydroxyl groups is 4. The van der Waals surface area contributed by atoms with E-state index in [1.54, 1.807) is 41.7 Å². The van der Waals surface area contributed by atoms with Crippen LogP contribution in [0.2, 0.25) is 0 Å². The van der Waals surface area contributed by atoms with Gasteiger partial charge in [-0.3, -0.25) is 10.1 Å². The zero-order chi connectivity index (χ0) is 43.5. The molecule has 5 N–H and O–H groups in total. The SMILES string of the molecule is CC[C@H]1OC(=O)[C@H](C)[C@@H](O[C@H]2C[C@@](C)(OC)[C@@H](O)[C@H](C)O2)[C@H](C)[C@@H](O[C@@H]2O[C@H](C)C[C@H](N(C)C)[C@H]2O)[C@@](C)(O)C[C@@H](C)[C@@H]2N[C@@H](COCCOC)OC([C@H]2C)[C@]1(C)O. The van der Waals surface area contributed by atoms with E-state index in [-0.39, 0.29) is 55.9 Å². The number of nitrogens with zero attached hydrogens (tertiary/aromatic N) is 1. The van der Waals surface area contributed by atoms with Gasteiger partial charge in [-0.1, -0.05) is 27.7 Å². The summed E-state index contributed by atoms with van der Waals surface area (Å²) in [5.74, 6) is -2.95. The molecule has 58 heavy (non-hydrogen) atoms. The minimum absolute atomic E-state index is 0.137. The number of ether oxygens (including phenoxy) is 9. The third-order valence-electron chi connectivity index (χ3n) is 13.5. The maximum Gasteiger partial charge on any atom is 0.311 e. The molecule has 4 saturated heterocycles. The number of fused-ring (bicyclic) bond motifs is 2. The second kappa shape index (κ2) is 20.4. The van der Waals surface area contributed by atoms with Crippen LogP contribution in [0.1, 0.15) is 94.9 Å². The number of hydrogen-bond acceptors (Lipinski definition) is 16. The first-order valence-electron chi connectivity index (χ1n) is 21.4. The average Bonchev–Trinajstić information content (AvgIpc) is 3.15. The normalized spacial score (nSPS) is 48.7. The van der Waals surface area contributed by atoms with Crippen molar-refractivity contribution in [3.05, 3.63) is 0 Å². The van der Waals surface area contributed by atoms with Crippen molar-refractivity contribution < 1.29 is 67.9 Å². The predicted molar refractivity (Wildman–Crippen MR) is 214 cm³/mol. The third-order valence-corrected chi connectivity index (χ3v) is 13.5. The van der Waals surface area contributed by atoms with Crippen molar-refractivity contribution in [3.63, 3.8) is 0 Å². The smallest absolute Gasteiger partial charge is 0.311 e. The molecule has 2 bridgehead atoms. The molecular formula is C42H78N2O14. The molecule has 4 aliphatic rings. The van der Waals surface area contributed by atoms with Crippen LogP contribution in [-0.2, 0) is 47.4 Å². The summed E-state index contributed by atoms with van der Waals surface area (Å²) in [4.78, 5) is 16.4. The lowest BCUT2D eigenvalue weighted by atomic mass is 9.71. The molecule has 4 aliphatic heterocycles. The number of nitrogens with one attached hydrogen (secondary N) is 1. The summed E-state index contributed by atoms with van der Waals surface area (Å²) in [5.41, 5.74) is -4.27. The van der Waals surface area contributed by atoms with Crippen molar-refractivity contribution in [2.24, 2.45) is 23.7 Å². The number of likely N-dealkylation sites (N-methyl/N-ethyl adjacent to an activating group) is 1. The molecule has 0 amide bonds. The zero-order valence-electron chi connectivity index (χ0n) is 37.6. The lowest BCUT2D eigenvalue weighted by Gasteiger charge is -2.52. The summed E-state index contributed by atoms with van der Waals surface area (Å²) in [5, 5.41) is 51.5. The van der Waals surface area contributed by atoms with Gasteiger partial charge in [-0.15, -0.1) is 0 Å². The third kappa shape index (κ3) is 11.1. The summed E-state index contributed by atoms with van der Waals surface area (Å²) in [6.45, 7) is 19.1. The Morgan fingerprint density at radius 2 is 1.59 bits per heavy atom. The summed E-state index contributed by atoms with van der Waals surface area (Å²) < 4.78 is 55.7. The second-order valence-electron chi connectivity index (χ2n) is 18.6. The molecule has 0 aromatic rings. The molecule has 0 saturated carbocycles. The molecule has 340 valence electrons. The Bertz CT molecular complexity index is 1290. The Labute approximate surface area is 346 Å². The fraction of sp³-hybridized carbons (Fsp3) is 0.976. The standard InChI is InChI=1S/C42H78N2O14/c1-15-29-42(10,49)37-24(4)32(43-30(56-37)21-52-17-16-50-13)22(2)19-40(8,48)36(58-39-33(45)28(44(11)12)18-23(3)53-39)25(5)34(26(6)38(47)55-29)57-31-20-41(9,51-14)35(46)27(7)54-31/h22-37,39,43,45-46,48-49H,15-21H2,1-14H3/t22-,23-,24+,25+,26-,27+,28+,29-,30-,31+,32+,33-,34+,35+,36-,37?,39+,40+,41-,42-/m1/s1. The second-order valence-corrected chi connectivity index (χ2v) is 18.6. The van der Waals surface area contributed by atoms with Crippen LogP contribution in [-0.4, -0.2) is 176 Å². The van der Waals surface area contributed by atoms with Gasteiger partial charge in [-0.2, -0.15) is 0 Å². The largest absolute Gasteiger partial charge is 0.459 e. The summed E-state index contributed by atoms with van der Waals surface area (Å²) in [6, 6.07) is -0.593. The lowest BCUT2D eigenvalue weighted by molar-refractivity contribution is -0.318. The van der Waals surface area contributed by atoms with Crippen LogP contribution in [0.3, 0.4) is 0 Å². The Kier molecular flexibility index (Phi) is 17.4. The van der Waals surface area contributed by atoms with Crippen molar-refractivity contribution in [2.75, 3.05) is 48.1 Å². The molecular weight excluding hydrogens is 756 g/mol. The van der Waals surface area contributed by atoms with Crippen molar-refractivity contribution in [2.45, 2.75) is 191 Å². The molecule has 16 nitrogen and oxygen atoms in total. The van der Waals surface area contributed by atoms with Gasteiger partial charge < -0.3 is 68.0 Å². The van der Waals surface area contributed by atoms with Gasteiger partial charge in [0.2, 0.25) is 0 Å². The van der Waals surface area contributed by atoms with Gasteiger partial charge in [0, 0.05) is 44.6 Å². The molecule has 4 heterocycles. The van der Waals surface area contributed by atoms with Crippen molar-refractivity contribution >= 4 is 5.97 Å². The lowest BCUT2D eigenvalue weighted by Crippen LogP contribution is -2.67. The fourth-order valence-corrected chi connectivity index (χ4v) is 10.0. The van der Waals surface area contributed by atoms with Gasteiger partial charge >= 0.3 is 5.97 Å². The topological polar surface area (TPSA) is 196 Å². The minimum atomic E-state index is -1.64. The number of esters is 1. The first kappa shape index (κ1) is 49.6. The predicted octanol–water partition coefficient (Wildman–Crippen LogP) is 2.20. The van der Waals surface area contributed by atoms with E-state index in [0.29, 0.717) is 19.6 Å². The average molecular weight is 835 g/mol. The van der Waals surface area contributed by atoms with Crippen LogP contribution in [0.25, 0.3) is 0 Å². The number of carbonyl (C=O) groups is 1. The molecule has 4 fully saturated rings. The molecule has 16 heteroatoms. The monoisotopic (exact) mass is 835 g/mol. The van der Waals surface area contributed by atoms with E-state index >= 15 is 0 Å². The van der Waals surface area contributed by atoms with Gasteiger partial charge in [-0.05, 0) is 80.8 Å². The van der Waals surface area contributed by atoms with E-state index < -0.39 is 96.1 Å². The molecule has 0 radical (unpaired) electrons. The molecule has 0 aliphatic carbocycles. The number of aliphatic hydroxyl groups excluding tert-OH is 2. The van der Waals surface area contributed by atoms with Crippen LogP contribution in [0.4, 0.5) is 0 Å². The van der Waals surface area contributed by atoms with Gasteiger partial charge in [0.15, 0.2) is 12.6 Å². The summed E-state index contributed by atoms with van der Waals surface area (Å²) in [6.07, 6.45) is -8.29. The Balaban J connectivity index is 1.83. The fourth-order valence-electron chi connectivity index (χ4n) is 10.0. The molecule has 0 spiro atoms. The highest BCUT2D eigenvalue weighted by Crippen LogP contribution is 2.43. The molecule has 1 unspecified atom stereocenters. The summed E-state index contributed by atoms with van der Waals surface area (Å²) >= 11 is 0. The first-order chi connectivity index (χ1) is 27.0. The van der Waals surface area contributed by atoms with E-state index in [1.807, 2.05) is 53.6 Å². The number of carbonyl (C=O) groups excluding carboxylic acids is 1. The van der Waals surface area contributed by atoms with Gasteiger partial charge in [0.25, 0.3) is 0 Å². The highest BCUT2D eigenvalue weighted by molar-refractivity contribution is 5.73. The number of cyclic esters (lactones) is 1. The quantitative estimate of drug-likeness (QED) is 0.142. The maximum absolute atomic E-state index is 14.5. The van der Waals surface area contributed by atoms with Crippen LogP contribution in [0.5, 0.6) is 0 Å². The summed E-state index contributed by atoms with van der Waals surface area (Å²) in [7, 11) is 6.90. The van der Waals surface area contributed by atoms with E-state index in [4.69, 9.17) is 42.6 Å². The maximum atomic E-state index is 14.5. The van der Waals surface area contributed by atoms with Crippen LogP contribution in [0.15, 0.2) is 0 Å². The Morgan fingerprint density at radius 3 is 2.19 bits per heavy atom. The molecule has 4 rings (SSSR count). The van der Waals surface area contributed by atoms with E-state index in [0.717, 1.165) is 0 Å². The Morgan fingerprint density at radius 1 is 0.914 bits per heavy atom. The van der Waals surface area contributed by atoms with E-state index in [1.165, 1.54) is 7.11 Å². The minimum Gasteiger partial charge on any atom is -0.459 e. The van der Waals surface area contributed by atoms with Crippen molar-refractivity contribution in [1.82, 2.24) is 10.2 Å². The van der Waals surface area contributed by atoms with E-state index in [9.17, 15) is 25.2 Å². The van der Waals surface area contributed by atoms with E-state index in [2.05, 4.69) is 5.32 Å². The number of hydrogen-bond donors (Lipinski definition) is 5. The van der Waals surface area contributed by atoms with Gasteiger partial charge in [-0.25, -0.2) is 0 Å². The highest BCUT2D eigenvalue weighted by atomic mass is 16.7. The van der Waals surface area contributed by atoms with Gasteiger partial charge in [0.05, 0.1) is 67.5 Å². The molecule has 0 aromatic carbocycles. The highest BCUT2D eigenvalue weighted by Gasteiger charge is 2.55. The van der Waals surface area contributed by atoms with Crippen LogP contribution < -0.4 is 5.32 Å². The zero-order valence-corrected chi connectivity index (χ0v) is 37.6. The van der Waals surface area contributed by atoms with Crippen LogP contribution in [0, 0.1) is 23.7 Å². The first-order valence-corrected chi connectivity index (χ1v) is 21.4. The number of rotatable bonds is 12. The van der Waals surface area contributed by atoms with Gasteiger partial charge in [0.1, 0.15) is 30.1 Å². The van der Waals surface area contributed by atoms with Crippen LogP contribution >= 0.6 is 0 Å². The number of methoxy groups -OCH3 is 2. The molecule has 20 atom stereocenters. The van der Waals surface area contributed by atoms with Crippen molar-refractivity contribution in [1.29, 1.82) is 0 Å². The van der Waals surface area contributed by atoms with Crippen molar-refractivity contribution in [3.8, 4) is 0 Å². The molecule has 0 aromatic heterocycles.